The van der Waals surface area contributed by atoms with E-state index in [-0.39, 0.29) is 11.9 Å². The van der Waals surface area contributed by atoms with E-state index >= 15 is 0 Å². The van der Waals surface area contributed by atoms with Crippen LogP contribution < -0.4 is 5.32 Å². The van der Waals surface area contributed by atoms with Crippen molar-refractivity contribution >= 4 is 16.8 Å². The van der Waals surface area contributed by atoms with E-state index in [0.29, 0.717) is 31.0 Å². The summed E-state index contributed by atoms with van der Waals surface area (Å²) < 4.78 is 5.68. The van der Waals surface area contributed by atoms with E-state index in [1.807, 2.05) is 18.3 Å². The Balaban J connectivity index is 1.40. The second kappa shape index (κ2) is 6.75. The SMILES string of the molecule is CC1(CCC(=O)NC2COCC2Cc2ccnc3ccccc23)CC1. The molecule has 1 aliphatic carbocycles. The van der Waals surface area contributed by atoms with Crippen LogP contribution in [-0.4, -0.2) is 30.1 Å². The number of hydrogen-bond acceptors (Lipinski definition) is 3. The van der Waals surface area contributed by atoms with Crippen molar-refractivity contribution in [1.82, 2.24) is 10.3 Å². The fraction of sp³-hybridized carbons (Fsp3) is 0.524. The average Bonchev–Trinajstić information content (AvgIpc) is 3.21. The summed E-state index contributed by atoms with van der Waals surface area (Å²) in [4.78, 5) is 16.7. The predicted molar refractivity (Wildman–Crippen MR) is 98.3 cm³/mol. The number of hydrogen-bond donors (Lipinski definition) is 1. The number of amides is 1. The summed E-state index contributed by atoms with van der Waals surface area (Å²) in [5.74, 6) is 0.500. The molecule has 1 N–H and O–H groups in total. The smallest absolute Gasteiger partial charge is 0.220 e. The molecule has 0 bridgehead atoms. The quantitative estimate of drug-likeness (QED) is 0.877. The molecule has 4 nitrogen and oxygen atoms in total. The van der Waals surface area contributed by atoms with Crippen molar-refractivity contribution < 1.29 is 9.53 Å². The second-order valence-electron chi connectivity index (χ2n) is 7.97. The lowest BCUT2D eigenvalue weighted by molar-refractivity contribution is -0.122. The molecule has 2 heterocycles. The van der Waals surface area contributed by atoms with Crippen molar-refractivity contribution in [3.8, 4) is 0 Å². The predicted octanol–water partition coefficient (Wildman–Crippen LogP) is 3.49. The van der Waals surface area contributed by atoms with Gasteiger partial charge in [0.25, 0.3) is 0 Å². The Labute approximate surface area is 149 Å². The van der Waals surface area contributed by atoms with Crippen molar-refractivity contribution in [3.05, 3.63) is 42.1 Å². The molecule has 1 aliphatic heterocycles. The molecule has 2 aliphatic rings. The molecule has 2 fully saturated rings. The van der Waals surface area contributed by atoms with Crippen LogP contribution in [0.15, 0.2) is 36.5 Å². The molecule has 4 rings (SSSR count). The molecule has 2 aromatic rings. The van der Waals surface area contributed by atoms with Gasteiger partial charge in [-0.2, -0.15) is 0 Å². The van der Waals surface area contributed by atoms with Crippen molar-refractivity contribution in [2.45, 2.75) is 45.1 Å². The average molecular weight is 338 g/mol. The highest BCUT2D eigenvalue weighted by molar-refractivity contribution is 5.82. The third-order valence-corrected chi connectivity index (χ3v) is 5.83. The van der Waals surface area contributed by atoms with Crippen molar-refractivity contribution in [1.29, 1.82) is 0 Å². The maximum absolute atomic E-state index is 12.3. The Morgan fingerprint density at radius 2 is 2.12 bits per heavy atom. The number of nitrogens with one attached hydrogen (secondary N) is 1. The molecule has 1 saturated carbocycles. The Kier molecular flexibility index (Phi) is 4.46. The van der Waals surface area contributed by atoms with E-state index < -0.39 is 0 Å². The van der Waals surface area contributed by atoms with Crippen LogP contribution in [0.2, 0.25) is 0 Å². The Hall–Kier alpha value is -1.94. The largest absolute Gasteiger partial charge is 0.379 e. The van der Waals surface area contributed by atoms with E-state index in [4.69, 9.17) is 4.74 Å². The van der Waals surface area contributed by atoms with Gasteiger partial charge in [-0.3, -0.25) is 9.78 Å². The van der Waals surface area contributed by atoms with Crippen molar-refractivity contribution in [2.24, 2.45) is 11.3 Å². The number of pyridine rings is 1. The van der Waals surface area contributed by atoms with E-state index in [1.165, 1.54) is 23.8 Å². The van der Waals surface area contributed by atoms with Crippen molar-refractivity contribution in [3.63, 3.8) is 0 Å². The summed E-state index contributed by atoms with van der Waals surface area (Å²) in [5, 5.41) is 4.42. The fourth-order valence-electron chi connectivity index (χ4n) is 3.73. The van der Waals surface area contributed by atoms with Crippen LogP contribution in [-0.2, 0) is 16.0 Å². The van der Waals surface area contributed by atoms with E-state index in [9.17, 15) is 4.79 Å². The molecule has 1 aromatic heterocycles. The van der Waals surface area contributed by atoms with Crippen LogP contribution in [0, 0.1) is 11.3 Å². The van der Waals surface area contributed by atoms with Crippen LogP contribution in [0.4, 0.5) is 0 Å². The van der Waals surface area contributed by atoms with Gasteiger partial charge in [-0.15, -0.1) is 0 Å². The molecule has 2 atom stereocenters. The van der Waals surface area contributed by atoms with Gasteiger partial charge < -0.3 is 10.1 Å². The Bertz CT molecular complexity index is 764. The minimum Gasteiger partial charge on any atom is -0.379 e. The first kappa shape index (κ1) is 16.5. The minimum absolute atomic E-state index is 0.117. The number of benzene rings is 1. The maximum Gasteiger partial charge on any atom is 0.220 e. The molecule has 1 saturated heterocycles. The third-order valence-electron chi connectivity index (χ3n) is 5.83. The zero-order chi connectivity index (χ0) is 17.3. The Morgan fingerprint density at radius 1 is 1.28 bits per heavy atom. The highest BCUT2D eigenvalue weighted by Gasteiger charge is 2.37. The molecule has 0 radical (unpaired) electrons. The zero-order valence-electron chi connectivity index (χ0n) is 14.8. The van der Waals surface area contributed by atoms with Crippen LogP contribution in [0.25, 0.3) is 10.9 Å². The lowest BCUT2D eigenvalue weighted by Crippen LogP contribution is -2.40. The number of para-hydroxylation sites is 1. The highest BCUT2D eigenvalue weighted by Crippen LogP contribution is 2.48. The minimum atomic E-state index is 0.117. The number of carbonyl (C=O) groups is 1. The third kappa shape index (κ3) is 3.84. The van der Waals surface area contributed by atoms with Gasteiger partial charge in [0.2, 0.25) is 5.91 Å². The summed E-state index contributed by atoms with van der Waals surface area (Å²) in [6, 6.07) is 10.4. The van der Waals surface area contributed by atoms with Gasteiger partial charge in [0.05, 0.1) is 24.8 Å². The zero-order valence-corrected chi connectivity index (χ0v) is 14.8. The fourth-order valence-corrected chi connectivity index (χ4v) is 3.73. The molecule has 25 heavy (non-hydrogen) atoms. The molecular weight excluding hydrogens is 312 g/mol. The van der Waals surface area contributed by atoms with Gasteiger partial charge in [0.15, 0.2) is 0 Å². The first-order valence-electron chi connectivity index (χ1n) is 9.33. The summed E-state index contributed by atoms with van der Waals surface area (Å²) in [7, 11) is 0. The van der Waals surface area contributed by atoms with E-state index in [0.717, 1.165) is 18.4 Å². The molecule has 0 spiro atoms. The number of rotatable bonds is 6. The van der Waals surface area contributed by atoms with Crippen LogP contribution in [0.5, 0.6) is 0 Å². The summed E-state index contributed by atoms with van der Waals surface area (Å²) in [6.07, 6.45) is 6.96. The standard InChI is InChI=1S/C21H26N2O2/c1-21(9-10-21)8-6-20(24)23-19-14-25-13-16(19)12-15-7-11-22-18-5-3-2-4-17(15)18/h2-5,7,11,16,19H,6,8-10,12-14H2,1H3,(H,23,24). The number of carbonyl (C=O) groups excluding carboxylic acids is 1. The number of aromatic nitrogens is 1. The first-order chi connectivity index (χ1) is 12.1. The molecule has 1 aromatic carbocycles. The van der Waals surface area contributed by atoms with Crippen molar-refractivity contribution in [2.75, 3.05) is 13.2 Å². The lowest BCUT2D eigenvalue weighted by Gasteiger charge is -2.20. The molecule has 4 heteroatoms. The van der Waals surface area contributed by atoms with E-state index in [1.54, 1.807) is 0 Å². The second-order valence-corrected chi connectivity index (χ2v) is 7.97. The summed E-state index contributed by atoms with van der Waals surface area (Å²) in [5.41, 5.74) is 2.74. The van der Waals surface area contributed by atoms with Gasteiger partial charge in [-0.25, -0.2) is 0 Å². The Morgan fingerprint density at radius 3 is 2.96 bits per heavy atom. The maximum atomic E-state index is 12.3. The number of fused-ring (bicyclic) bond motifs is 1. The topological polar surface area (TPSA) is 51.2 Å². The molecule has 2 unspecified atom stereocenters. The highest BCUT2D eigenvalue weighted by atomic mass is 16.5. The summed E-state index contributed by atoms with van der Waals surface area (Å²) in [6.45, 7) is 3.60. The monoisotopic (exact) mass is 338 g/mol. The molecular formula is C21H26N2O2. The molecule has 1 amide bonds. The van der Waals surface area contributed by atoms with E-state index in [2.05, 4.69) is 35.4 Å². The van der Waals surface area contributed by atoms with Crippen LogP contribution >= 0.6 is 0 Å². The number of ether oxygens (including phenoxy) is 1. The number of nitrogens with zero attached hydrogens (tertiary/aromatic N) is 1. The van der Waals surface area contributed by atoms with Crippen LogP contribution in [0.3, 0.4) is 0 Å². The van der Waals surface area contributed by atoms with Gasteiger partial charge in [-0.05, 0) is 48.8 Å². The first-order valence-corrected chi connectivity index (χ1v) is 9.33. The van der Waals surface area contributed by atoms with Gasteiger partial charge in [-0.1, -0.05) is 25.1 Å². The van der Waals surface area contributed by atoms with Crippen LogP contribution in [0.1, 0.15) is 38.2 Å². The van der Waals surface area contributed by atoms with Gasteiger partial charge in [0, 0.05) is 23.9 Å². The summed E-state index contributed by atoms with van der Waals surface area (Å²) >= 11 is 0. The van der Waals surface area contributed by atoms with Gasteiger partial charge in [0.1, 0.15) is 0 Å². The van der Waals surface area contributed by atoms with Gasteiger partial charge >= 0.3 is 0 Å². The molecule has 132 valence electrons. The normalized spacial score (nSPS) is 24.4. The lowest BCUT2D eigenvalue weighted by atomic mass is 9.93.